The third kappa shape index (κ3) is 4.50. The predicted octanol–water partition coefficient (Wildman–Crippen LogP) is 3.89. The van der Waals surface area contributed by atoms with E-state index in [0.717, 1.165) is 31.0 Å². The van der Waals surface area contributed by atoms with E-state index in [4.69, 9.17) is 16.7 Å². The minimum atomic E-state index is 0.511. The highest BCUT2D eigenvalue weighted by atomic mass is 35.5. The van der Waals surface area contributed by atoms with E-state index in [0.29, 0.717) is 12.1 Å². The number of hydrogen-bond donors (Lipinski definition) is 1. The van der Waals surface area contributed by atoms with Gasteiger partial charge in [-0.1, -0.05) is 26.2 Å². The predicted molar refractivity (Wildman–Crippen MR) is 80.6 cm³/mol. The standard InChI is InChI=1S/C15H26ClN3/c1-2-13(8-10-16)17-12-14-9-11-19(18-14)15-6-4-3-5-7-15/h9,11,13,15,17H,2-8,10,12H2,1H3. The van der Waals surface area contributed by atoms with E-state index in [1.54, 1.807) is 0 Å². The summed E-state index contributed by atoms with van der Waals surface area (Å²) < 4.78 is 2.18. The fraction of sp³-hybridized carbons (Fsp3) is 0.800. The fourth-order valence-electron chi connectivity index (χ4n) is 2.85. The van der Waals surface area contributed by atoms with Crippen molar-refractivity contribution in [1.82, 2.24) is 15.1 Å². The molecule has 0 aliphatic heterocycles. The summed E-state index contributed by atoms with van der Waals surface area (Å²) in [4.78, 5) is 0. The van der Waals surface area contributed by atoms with Crippen molar-refractivity contribution >= 4 is 11.6 Å². The molecule has 0 radical (unpaired) electrons. The zero-order valence-electron chi connectivity index (χ0n) is 11.9. The van der Waals surface area contributed by atoms with Gasteiger partial charge in [-0.05, 0) is 31.7 Å². The van der Waals surface area contributed by atoms with Crippen molar-refractivity contribution < 1.29 is 0 Å². The average molecular weight is 284 g/mol. The van der Waals surface area contributed by atoms with Crippen LogP contribution in [0.3, 0.4) is 0 Å². The first-order valence-corrected chi connectivity index (χ1v) is 8.20. The lowest BCUT2D eigenvalue weighted by atomic mass is 9.96. The van der Waals surface area contributed by atoms with Gasteiger partial charge >= 0.3 is 0 Å². The van der Waals surface area contributed by atoms with Gasteiger partial charge in [-0.25, -0.2) is 0 Å². The Morgan fingerprint density at radius 3 is 2.89 bits per heavy atom. The highest BCUT2D eigenvalue weighted by Crippen LogP contribution is 2.27. The van der Waals surface area contributed by atoms with Gasteiger partial charge < -0.3 is 5.32 Å². The number of nitrogens with one attached hydrogen (secondary N) is 1. The van der Waals surface area contributed by atoms with Crippen LogP contribution in [0.1, 0.15) is 63.6 Å². The lowest BCUT2D eigenvalue weighted by Crippen LogP contribution is -2.28. The van der Waals surface area contributed by atoms with Crippen LogP contribution in [0.25, 0.3) is 0 Å². The second kappa shape index (κ2) is 7.91. The summed E-state index contributed by atoms with van der Waals surface area (Å²) in [6.07, 6.45) is 11.0. The maximum Gasteiger partial charge on any atom is 0.0762 e. The number of hydrogen-bond acceptors (Lipinski definition) is 2. The summed E-state index contributed by atoms with van der Waals surface area (Å²) in [6, 6.07) is 3.29. The van der Waals surface area contributed by atoms with Crippen molar-refractivity contribution in [1.29, 1.82) is 0 Å². The van der Waals surface area contributed by atoms with Crippen LogP contribution in [-0.4, -0.2) is 21.7 Å². The van der Waals surface area contributed by atoms with Gasteiger partial charge in [0.15, 0.2) is 0 Å². The molecule has 1 saturated carbocycles. The highest BCUT2D eigenvalue weighted by Gasteiger charge is 2.16. The van der Waals surface area contributed by atoms with E-state index >= 15 is 0 Å². The zero-order valence-corrected chi connectivity index (χ0v) is 12.7. The molecule has 4 heteroatoms. The van der Waals surface area contributed by atoms with Gasteiger partial charge in [0, 0.05) is 24.7 Å². The van der Waals surface area contributed by atoms with Crippen LogP contribution < -0.4 is 5.32 Å². The molecule has 1 heterocycles. The maximum absolute atomic E-state index is 5.80. The smallest absolute Gasteiger partial charge is 0.0762 e. The molecule has 0 amide bonds. The highest BCUT2D eigenvalue weighted by molar-refractivity contribution is 6.17. The van der Waals surface area contributed by atoms with Crippen molar-refractivity contribution in [3.8, 4) is 0 Å². The first-order valence-electron chi connectivity index (χ1n) is 7.67. The van der Waals surface area contributed by atoms with E-state index in [9.17, 15) is 0 Å². The van der Waals surface area contributed by atoms with Crippen molar-refractivity contribution in [2.24, 2.45) is 0 Å². The average Bonchev–Trinajstić information content (AvgIpc) is 2.93. The second-order valence-corrected chi connectivity index (χ2v) is 5.92. The van der Waals surface area contributed by atoms with E-state index in [2.05, 4.69) is 29.2 Å². The summed E-state index contributed by atoms with van der Waals surface area (Å²) in [7, 11) is 0. The fourth-order valence-corrected chi connectivity index (χ4v) is 3.12. The van der Waals surface area contributed by atoms with Crippen LogP contribution in [0.4, 0.5) is 0 Å². The van der Waals surface area contributed by atoms with E-state index < -0.39 is 0 Å². The zero-order chi connectivity index (χ0) is 13.5. The van der Waals surface area contributed by atoms with E-state index in [1.165, 1.54) is 32.1 Å². The Hall–Kier alpha value is -0.540. The van der Waals surface area contributed by atoms with Gasteiger partial charge in [0.1, 0.15) is 0 Å². The molecule has 2 rings (SSSR count). The number of nitrogens with zero attached hydrogens (tertiary/aromatic N) is 2. The molecule has 3 nitrogen and oxygen atoms in total. The van der Waals surface area contributed by atoms with Crippen LogP contribution in [-0.2, 0) is 6.54 Å². The summed E-state index contributed by atoms with van der Waals surface area (Å²) in [6.45, 7) is 3.06. The van der Waals surface area contributed by atoms with Crippen molar-refractivity contribution in [3.63, 3.8) is 0 Å². The van der Waals surface area contributed by atoms with Gasteiger partial charge in [0.25, 0.3) is 0 Å². The first kappa shape index (κ1) is 14.9. The molecular weight excluding hydrogens is 258 g/mol. The molecule has 1 N–H and O–H groups in total. The lowest BCUT2D eigenvalue weighted by molar-refractivity contribution is 0.327. The van der Waals surface area contributed by atoms with Crippen LogP contribution in [0, 0.1) is 0 Å². The van der Waals surface area contributed by atoms with Crippen LogP contribution in [0.15, 0.2) is 12.3 Å². The second-order valence-electron chi connectivity index (χ2n) is 5.54. The third-order valence-electron chi connectivity index (χ3n) is 4.13. The lowest BCUT2D eigenvalue weighted by Gasteiger charge is -2.21. The van der Waals surface area contributed by atoms with Gasteiger partial charge in [-0.3, -0.25) is 4.68 Å². The molecule has 0 spiro atoms. The van der Waals surface area contributed by atoms with Gasteiger partial charge in [0.2, 0.25) is 0 Å². The summed E-state index contributed by atoms with van der Waals surface area (Å²) >= 11 is 5.80. The Labute approximate surface area is 121 Å². The topological polar surface area (TPSA) is 29.9 Å². The van der Waals surface area contributed by atoms with Gasteiger partial charge in [-0.15, -0.1) is 11.6 Å². The molecule has 1 aliphatic rings. The molecule has 1 fully saturated rings. The monoisotopic (exact) mass is 283 g/mol. The first-order chi connectivity index (χ1) is 9.33. The molecule has 0 aromatic carbocycles. The van der Waals surface area contributed by atoms with Crippen molar-refractivity contribution in [3.05, 3.63) is 18.0 Å². The molecule has 1 aliphatic carbocycles. The summed E-state index contributed by atoms with van der Waals surface area (Å²) in [5, 5.41) is 8.26. The molecule has 1 aromatic heterocycles. The molecular formula is C15H26ClN3. The minimum Gasteiger partial charge on any atom is -0.308 e. The maximum atomic E-state index is 5.80. The Balaban J connectivity index is 1.82. The molecule has 0 saturated heterocycles. The van der Waals surface area contributed by atoms with E-state index in [1.807, 2.05) is 0 Å². The van der Waals surface area contributed by atoms with Gasteiger partial charge in [-0.2, -0.15) is 5.10 Å². The minimum absolute atomic E-state index is 0.511. The third-order valence-corrected chi connectivity index (χ3v) is 4.35. The van der Waals surface area contributed by atoms with Gasteiger partial charge in [0.05, 0.1) is 11.7 Å². The number of alkyl halides is 1. The van der Waals surface area contributed by atoms with Crippen LogP contribution >= 0.6 is 11.6 Å². The molecule has 1 aromatic rings. The Morgan fingerprint density at radius 2 is 2.21 bits per heavy atom. The number of halogens is 1. The van der Waals surface area contributed by atoms with Crippen molar-refractivity contribution in [2.75, 3.05) is 5.88 Å². The van der Waals surface area contributed by atoms with Crippen molar-refractivity contribution in [2.45, 2.75) is 70.5 Å². The van der Waals surface area contributed by atoms with Crippen LogP contribution in [0.2, 0.25) is 0 Å². The molecule has 19 heavy (non-hydrogen) atoms. The van der Waals surface area contributed by atoms with Crippen LogP contribution in [0.5, 0.6) is 0 Å². The normalized spacial score (nSPS) is 18.6. The quantitative estimate of drug-likeness (QED) is 0.770. The Bertz CT molecular complexity index is 358. The largest absolute Gasteiger partial charge is 0.308 e. The molecule has 1 atom stereocenters. The summed E-state index contributed by atoms with van der Waals surface area (Å²) in [5.41, 5.74) is 1.15. The van der Waals surface area contributed by atoms with E-state index in [-0.39, 0.29) is 0 Å². The molecule has 108 valence electrons. The number of rotatable bonds is 7. The molecule has 0 bridgehead atoms. The Morgan fingerprint density at radius 1 is 1.42 bits per heavy atom. The Kier molecular flexibility index (Phi) is 6.18. The number of aromatic nitrogens is 2. The molecule has 1 unspecified atom stereocenters. The SMILES string of the molecule is CCC(CCCl)NCc1ccn(C2CCCCC2)n1. The summed E-state index contributed by atoms with van der Waals surface area (Å²) in [5.74, 6) is 0.724.